The molecule has 3 heteroatoms. The first-order valence-electron chi connectivity index (χ1n) is 13.1. The van der Waals surface area contributed by atoms with Crippen LogP contribution in [0.3, 0.4) is 0 Å². The number of aliphatic hydroxyl groups excluding tert-OH is 1. The van der Waals surface area contributed by atoms with E-state index in [0.717, 1.165) is 43.3 Å². The van der Waals surface area contributed by atoms with Gasteiger partial charge in [-0.15, -0.1) is 0 Å². The third-order valence-corrected chi connectivity index (χ3v) is 10.5. The lowest BCUT2D eigenvalue weighted by molar-refractivity contribution is -0.135. The molecular formula is C29H44O3. The van der Waals surface area contributed by atoms with E-state index in [1.165, 1.54) is 5.57 Å². The van der Waals surface area contributed by atoms with E-state index in [1.807, 2.05) is 6.92 Å². The van der Waals surface area contributed by atoms with Crippen molar-refractivity contribution < 1.29 is 14.7 Å². The second-order valence-corrected chi connectivity index (χ2v) is 12.5. The van der Waals surface area contributed by atoms with Crippen molar-refractivity contribution in [2.75, 3.05) is 0 Å². The molecule has 4 rings (SSSR count). The van der Waals surface area contributed by atoms with Crippen molar-refractivity contribution in [1.82, 2.24) is 0 Å². The summed E-state index contributed by atoms with van der Waals surface area (Å²) in [6.45, 7) is 17.6. The van der Waals surface area contributed by atoms with Crippen LogP contribution in [0.1, 0.15) is 92.9 Å². The van der Waals surface area contributed by atoms with Gasteiger partial charge in [-0.2, -0.15) is 0 Å². The Hall–Kier alpha value is -1.22. The molecule has 0 aliphatic heterocycles. The Labute approximate surface area is 195 Å². The van der Waals surface area contributed by atoms with Gasteiger partial charge in [0.05, 0.1) is 6.10 Å². The Morgan fingerprint density at radius 1 is 1.19 bits per heavy atom. The number of hydrogen-bond donors (Lipinski definition) is 1. The number of carbonyl (C=O) groups excluding carboxylic acids is 2. The number of ketones is 2. The third kappa shape index (κ3) is 3.49. The van der Waals surface area contributed by atoms with Gasteiger partial charge < -0.3 is 5.11 Å². The molecule has 2 saturated carbocycles. The van der Waals surface area contributed by atoms with Crippen molar-refractivity contribution in [3.63, 3.8) is 0 Å². The average Bonchev–Trinajstić information content (AvgIpc) is 3.06. The lowest BCUT2D eigenvalue weighted by Crippen LogP contribution is -2.54. The Balaban J connectivity index is 1.65. The van der Waals surface area contributed by atoms with Gasteiger partial charge in [0.2, 0.25) is 0 Å². The topological polar surface area (TPSA) is 54.4 Å². The van der Waals surface area contributed by atoms with Gasteiger partial charge in [0.15, 0.2) is 5.78 Å². The van der Waals surface area contributed by atoms with Crippen molar-refractivity contribution in [3.8, 4) is 0 Å². The van der Waals surface area contributed by atoms with Crippen LogP contribution < -0.4 is 0 Å². The molecule has 0 spiro atoms. The van der Waals surface area contributed by atoms with Crippen LogP contribution in [0.2, 0.25) is 0 Å². The number of hydrogen-bond acceptors (Lipinski definition) is 3. The first-order valence-corrected chi connectivity index (χ1v) is 13.1. The van der Waals surface area contributed by atoms with Crippen LogP contribution in [0.25, 0.3) is 0 Å². The Morgan fingerprint density at radius 3 is 2.53 bits per heavy atom. The molecule has 8 atom stereocenters. The lowest BCUT2D eigenvalue weighted by atomic mass is 9.48. The zero-order chi connectivity index (χ0) is 23.6. The molecule has 1 N–H and O–H groups in total. The fraction of sp³-hybridized carbons (Fsp3) is 0.793. The Kier molecular flexibility index (Phi) is 6.14. The predicted octanol–water partition coefficient (Wildman–Crippen LogP) is 6.30. The van der Waals surface area contributed by atoms with Crippen LogP contribution in [-0.2, 0) is 9.59 Å². The molecule has 0 aromatic rings. The van der Waals surface area contributed by atoms with Gasteiger partial charge in [-0.05, 0) is 79.1 Å². The van der Waals surface area contributed by atoms with Crippen LogP contribution >= 0.6 is 0 Å². The van der Waals surface area contributed by atoms with Gasteiger partial charge in [0.25, 0.3) is 0 Å². The molecule has 178 valence electrons. The summed E-state index contributed by atoms with van der Waals surface area (Å²) >= 11 is 0. The minimum Gasteiger partial charge on any atom is -0.389 e. The van der Waals surface area contributed by atoms with Crippen LogP contribution in [0.5, 0.6) is 0 Å². The van der Waals surface area contributed by atoms with Crippen LogP contribution in [0.15, 0.2) is 23.3 Å². The van der Waals surface area contributed by atoms with Gasteiger partial charge in [0, 0.05) is 29.7 Å². The van der Waals surface area contributed by atoms with Gasteiger partial charge in [-0.25, -0.2) is 0 Å². The molecule has 0 saturated heterocycles. The molecule has 0 amide bonds. The quantitative estimate of drug-likeness (QED) is 0.510. The molecule has 4 aliphatic rings. The number of rotatable bonds is 5. The highest BCUT2D eigenvalue weighted by atomic mass is 16.3. The van der Waals surface area contributed by atoms with Crippen molar-refractivity contribution in [2.24, 2.45) is 46.3 Å². The number of allylic oxidation sites excluding steroid dienone is 2. The Morgan fingerprint density at radius 2 is 1.88 bits per heavy atom. The first kappa shape index (κ1) is 23.9. The number of fused-ring (bicyclic) bond motifs is 4. The zero-order valence-electron chi connectivity index (χ0n) is 21.2. The van der Waals surface area contributed by atoms with Gasteiger partial charge in [0.1, 0.15) is 5.78 Å². The smallest absolute Gasteiger partial charge is 0.160 e. The molecule has 32 heavy (non-hydrogen) atoms. The van der Waals surface area contributed by atoms with E-state index >= 15 is 0 Å². The second-order valence-electron chi connectivity index (χ2n) is 12.5. The summed E-state index contributed by atoms with van der Waals surface area (Å²) < 4.78 is 0. The maximum absolute atomic E-state index is 13.8. The van der Waals surface area contributed by atoms with E-state index in [9.17, 15) is 14.7 Å². The SMILES string of the molecule is C=C(CCC(C)C1CCC2C3=C(C(=O)CC21C)C1(C)CCC(=O)C(C)C1CC3O)C(C)C. The van der Waals surface area contributed by atoms with Gasteiger partial charge in [-0.1, -0.05) is 53.7 Å². The van der Waals surface area contributed by atoms with Crippen molar-refractivity contribution >= 4 is 11.6 Å². The molecule has 8 unspecified atom stereocenters. The lowest BCUT2D eigenvalue weighted by Gasteiger charge is -2.55. The summed E-state index contributed by atoms with van der Waals surface area (Å²) in [5.74, 6) is 2.47. The fourth-order valence-electron chi connectivity index (χ4n) is 8.40. The van der Waals surface area contributed by atoms with E-state index in [4.69, 9.17) is 0 Å². The van der Waals surface area contributed by atoms with Crippen LogP contribution in [0.4, 0.5) is 0 Å². The molecule has 0 heterocycles. The molecule has 0 aromatic carbocycles. The van der Waals surface area contributed by atoms with Crippen molar-refractivity contribution in [3.05, 3.63) is 23.3 Å². The highest BCUT2D eigenvalue weighted by molar-refractivity contribution is 6.00. The fourth-order valence-corrected chi connectivity index (χ4v) is 8.40. The van der Waals surface area contributed by atoms with E-state index in [-0.39, 0.29) is 28.4 Å². The summed E-state index contributed by atoms with van der Waals surface area (Å²) in [5.41, 5.74) is 3.02. The standard InChI is InChI=1S/C29H44O3/c1-16(2)17(3)8-9-18(4)20-10-11-21-26-24(31)14-22-19(5)23(30)12-13-28(22,6)27(26)25(32)15-29(20,21)7/h16,18-22,24,31H,3,8-15H2,1-2,4-7H3. The van der Waals surface area contributed by atoms with E-state index in [1.54, 1.807) is 0 Å². The molecule has 4 aliphatic carbocycles. The zero-order valence-corrected chi connectivity index (χ0v) is 21.2. The molecule has 0 aromatic heterocycles. The number of Topliss-reactive ketones (excluding diaryl/α,β-unsaturated/α-hetero) is 2. The molecule has 0 bridgehead atoms. The van der Waals surface area contributed by atoms with Crippen molar-refractivity contribution in [1.29, 1.82) is 0 Å². The number of carbonyl (C=O) groups is 2. The molecule has 3 nitrogen and oxygen atoms in total. The predicted molar refractivity (Wildman–Crippen MR) is 129 cm³/mol. The summed E-state index contributed by atoms with van der Waals surface area (Å²) in [7, 11) is 0. The maximum atomic E-state index is 13.8. The maximum Gasteiger partial charge on any atom is 0.160 e. The average molecular weight is 441 g/mol. The van der Waals surface area contributed by atoms with Gasteiger partial charge in [-0.3, -0.25) is 9.59 Å². The third-order valence-electron chi connectivity index (χ3n) is 10.5. The molecule has 2 fully saturated rings. The minimum atomic E-state index is -0.570. The molecule has 0 radical (unpaired) electrons. The monoisotopic (exact) mass is 440 g/mol. The Bertz CT molecular complexity index is 850. The van der Waals surface area contributed by atoms with E-state index in [0.29, 0.717) is 48.7 Å². The summed E-state index contributed by atoms with van der Waals surface area (Å²) in [5, 5.41) is 11.4. The normalized spacial score (nSPS) is 42.6. The van der Waals surface area contributed by atoms with E-state index in [2.05, 4.69) is 41.2 Å². The summed E-state index contributed by atoms with van der Waals surface area (Å²) in [4.78, 5) is 26.3. The van der Waals surface area contributed by atoms with Crippen LogP contribution in [0, 0.1) is 46.3 Å². The summed E-state index contributed by atoms with van der Waals surface area (Å²) in [6.07, 6.45) is 6.41. The molecular weight excluding hydrogens is 396 g/mol. The first-order chi connectivity index (χ1) is 14.9. The highest BCUT2D eigenvalue weighted by Gasteiger charge is 2.61. The minimum absolute atomic E-state index is 0.0607. The van der Waals surface area contributed by atoms with E-state index < -0.39 is 6.10 Å². The highest BCUT2D eigenvalue weighted by Crippen LogP contribution is 2.65. The van der Waals surface area contributed by atoms with Gasteiger partial charge >= 0.3 is 0 Å². The second kappa shape index (κ2) is 8.22. The summed E-state index contributed by atoms with van der Waals surface area (Å²) in [6, 6.07) is 0. The number of aliphatic hydroxyl groups is 1. The largest absolute Gasteiger partial charge is 0.389 e. The van der Waals surface area contributed by atoms with Crippen molar-refractivity contribution in [2.45, 2.75) is 99.0 Å². The van der Waals surface area contributed by atoms with Crippen LogP contribution in [-0.4, -0.2) is 22.8 Å².